The SMILES string of the molecule is CC1CC(C)(C)CCC1N1CCC(N)CC1C. The molecule has 100 valence electrons. The highest BCUT2D eigenvalue weighted by Gasteiger charge is 2.38. The zero-order chi connectivity index (χ0) is 12.6. The van der Waals surface area contributed by atoms with Gasteiger partial charge in [-0.15, -0.1) is 0 Å². The second-order valence-corrected chi connectivity index (χ2v) is 7.32. The molecule has 0 bridgehead atoms. The van der Waals surface area contributed by atoms with Crippen LogP contribution in [0.4, 0.5) is 0 Å². The number of nitrogens with zero attached hydrogens (tertiary/aromatic N) is 1. The number of piperidine rings is 1. The Labute approximate surface area is 107 Å². The Kier molecular flexibility index (Phi) is 3.84. The number of hydrogen-bond acceptors (Lipinski definition) is 2. The van der Waals surface area contributed by atoms with Crippen molar-refractivity contribution in [3.63, 3.8) is 0 Å². The molecular weight excluding hydrogens is 208 g/mol. The first-order valence-electron chi connectivity index (χ1n) is 7.40. The molecule has 2 aliphatic rings. The molecule has 1 aliphatic heterocycles. The van der Waals surface area contributed by atoms with Gasteiger partial charge in [0.1, 0.15) is 0 Å². The Bertz CT molecular complexity index is 262. The zero-order valence-corrected chi connectivity index (χ0v) is 12.1. The van der Waals surface area contributed by atoms with E-state index in [1.807, 2.05) is 0 Å². The maximum Gasteiger partial charge on any atom is 0.0124 e. The van der Waals surface area contributed by atoms with Gasteiger partial charge in [0.25, 0.3) is 0 Å². The molecule has 2 rings (SSSR count). The fraction of sp³-hybridized carbons (Fsp3) is 1.00. The van der Waals surface area contributed by atoms with Crippen molar-refractivity contribution >= 4 is 0 Å². The first kappa shape index (κ1) is 13.4. The van der Waals surface area contributed by atoms with E-state index >= 15 is 0 Å². The fourth-order valence-corrected chi connectivity index (χ4v) is 4.14. The highest BCUT2D eigenvalue weighted by atomic mass is 15.2. The lowest BCUT2D eigenvalue weighted by Gasteiger charge is -2.49. The molecule has 1 aliphatic carbocycles. The third-order valence-corrected chi connectivity index (χ3v) is 5.04. The smallest absolute Gasteiger partial charge is 0.0124 e. The van der Waals surface area contributed by atoms with Crippen LogP contribution in [0.2, 0.25) is 0 Å². The molecule has 1 saturated carbocycles. The van der Waals surface area contributed by atoms with Crippen molar-refractivity contribution < 1.29 is 0 Å². The Balaban J connectivity index is 1.98. The van der Waals surface area contributed by atoms with Crippen molar-refractivity contribution in [3.05, 3.63) is 0 Å². The van der Waals surface area contributed by atoms with E-state index < -0.39 is 0 Å². The number of nitrogens with two attached hydrogens (primary N) is 1. The summed E-state index contributed by atoms with van der Waals surface area (Å²) in [7, 11) is 0. The van der Waals surface area contributed by atoms with Crippen molar-refractivity contribution in [2.75, 3.05) is 6.54 Å². The minimum atomic E-state index is 0.441. The van der Waals surface area contributed by atoms with Gasteiger partial charge in [-0.2, -0.15) is 0 Å². The van der Waals surface area contributed by atoms with Gasteiger partial charge in [0.05, 0.1) is 0 Å². The van der Waals surface area contributed by atoms with Gasteiger partial charge in [0, 0.05) is 24.7 Å². The molecule has 1 heterocycles. The van der Waals surface area contributed by atoms with E-state index in [4.69, 9.17) is 5.73 Å². The molecule has 1 saturated heterocycles. The molecule has 0 amide bonds. The summed E-state index contributed by atoms with van der Waals surface area (Å²) in [5.74, 6) is 0.843. The highest BCUT2D eigenvalue weighted by Crippen LogP contribution is 2.41. The Morgan fingerprint density at radius 1 is 1.18 bits per heavy atom. The third-order valence-electron chi connectivity index (χ3n) is 5.04. The summed E-state index contributed by atoms with van der Waals surface area (Å²) in [6.07, 6.45) is 6.53. The first-order chi connectivity index (χ1) is 7.89. The summed E-state index contributed by atoms with van der Waals surface area (Å²) in [6, 6.07) is 1.94. The molecule has 2 nitrogen and oxygen atoms in total. The second kappa shape index (κ2) is 4.89. The van der Waals surface area contributed by atoms with E-state index in [0.29, 0.717) is 17.5 Å². The topological polar surface area (TPSA) is 29.3 Å². The molecule has 0 aromatic heterocycles. The van der Waals surface area contributed by atoms with E-state index in [1.165, 1.54) is 38.6 Å². The van der Waals surface area contributed by atoms with Crippen LogP contribution in [0.3, 0.4) is 0 Å². The van der Waals surface area contributed by atoms with E-state index in [9.17, 15) is 0 Å². The van der Waals surface area contributed by atoms with Crippen molar-refractivity contribution in [1.82, 2.24) is 4.90 Å². The Morgan fingerprint density at radius 3 is 2.47 bits per heavy atom. The zero-order valence-electron chi connectivity index (χ0n) is 12.1. The number of hydrogen-bond donors (Lipinski definition) is 1. The second-order valence-electron chi connectivity index (χ2n) is 7.32. The van der Waals surface area contributed by atoms with Crippen molar-refractivity contribution in [2.45, 2.75) is 77.9 Å². The van der Waals surface area contributed by atoms with Crippen molar-refractivity contribution in [3.8, 4) is 0 Å². The van der Waals surface area contributed by atoms with Gasteiger partial charge in [-0.1, -0.05) is 20.8 Å². The molecule has 2 N–H and O–H groups in total. The van der Waals surface area contributed by atoms with E-state index in [2.05, 4.69) is 32.6 Å². The van der Waals surface area contributed by atoms with Gasteiger partial charge in [-0.05, 0) is 50.4 Å². The summed E-state index contributed by atoms with van der Waals surface area (Å²) >= 11 is 0. The van der Waals surface area contributed by atoms with Crippen LogP contribution in [-0.2, 0) is 0 Å². The average molecular weight is 238 g/mol. The van der Waals surface area contributed by atoms with Gasteiger partial charge in [0.2, 0.25) is 0 Å². The van der Waals surface area contributed by atoms with Gasteiger partial charge >= 0.3 is 0 Å². The van der Waals surface area contributed by atoms with Crippen LogP contribution in [0.25, 0.3) is 0 Å². The lowest BCUT2D eigenvalue weighted by Crippen LogP contribution is -2.54. The molecule has 4 atom stereocenters. The summed E-state index contributed by atoms with van der Waals surface area (Å²) in [5, 5.41) is 0. The van der Waals surface area contributed by atoms with Crippen LogP contribution in [0.15, 0.2) is 0 Å². The monoisotopic (exact) mass is 238 g/mol. The fourth-order valence-electron chi connectivity index (χ4n) is 4.14. The van der Waals surface area contributed by atoms with Crippen LogP contribution in [-0.4, -0.2) is 29.6 Å². The predicted molar refractivity (Wildman–Crippen MR) is 74.0 cm³/mol. The molecule has 2 fully saturated rings. The minimum absolute atomic E-state index is 0.441. The molecule has 0 aromatic carbocycles. The number of likely N-dealkylation sites (tertiary alicyclic amines) is 1. The lowest BCUT2D eigenvalue weighted by atomic mass is 9.69. The maximum absolute atomic E-state index is 6.07. The van der Waals surface area contributed by atoms with Crippen LogP contribution >= 0.6 is 0 Å². The number of rotatable bonds is 1. The van der Waals surface area contributed by atoms with E-state index in [1.54, 1.807) is 0 Å². The Morgan fingerprint density at radius 2 is 1.88 bits per heavy atom. The predicted octanol–water partition coefficient (Wildman–Crippen LogP) is 3.01. The molecule has 2 heteroatoms. The van der Waals surface area contributed by atoms with Crippen LogP contribution < -0.4 is 5.73 Å². The van der Waals surface area contributed by atoms with Crippen LogP contribution in [0.5, 0.6) is 0 Å². The highest BCUT2D eigenvalue weighted by molar-refractivity contribution is 4.92. The minimum Gasteiger partial charge on any atom is -0.328 e. The summed E-state index contributed by atoms with van der Waals surface area (Å²) in [6.45, 7) is 10.9. The summed E-state index contributed by atoms with van der Waals surface area (Å²) in [4.78, 5) is 2.75. The summed E-state index contributed by atoms with van der Waals surface area (Å²) < 4.78 is 0. The largest absolute Gasteiger partial charge is 0.328 e. The van der Waals surface area contributed by atoms with Crippen LogP contribution in [0, 0.1) is 11.3 Å². The molecule has 0 aromatic rings. The third kappa shape index (κ3) is 3.03. The quantitative estimate of drug-likeness (QED) is 0.761. The van der Waals surface area contributed by atoms with Crippen molar-refractivity contribution in [2.24, 2.45) is 17.1 Å². The van der Waals surface area contributed by atoms with E-state index in [0.717, 1.165) is 12.0 Å². The van der Waals surface area contributed by atoms with Gasteiger partial charge in [0.15, 0.2) is 0 Å². The average Bonchev–Trinajstić information content (AvgIpc) is 2.18. The summed E-state index contributed by atoms with van der Waals surface area (Å²) in [5.41, 5.74) is 6.63. The molecule has 0 radical (unpaired) electrons. The molecule has 0 spiro atoms. The molecular formula is C15H30N2. The van der Waals surface area contributed by atoms with Gasteiger partial charge < -0.3 is 5.73 Å². The normalized spacial score (nSPS) is 43.6. The Hall–Kier alpha value is -0.0800. The van der Waals surface area contributed by atoms with Gasteiger partial charge in [-0.3, -0.25) is 4.90 Å². The standard InChI is InChI=1S/C15H30N2/c1-11-10-15(3,4)7-5-14(11)17-8-6-13(16)9-12(17)2/h11-14H,5-10,16H2,1-4H3. The maximum atomic E-state index is 6.07. The van der Waals surface area contributed by atoms with Gasteiger partial charge in [-0.25, -0.2) is 0 Å². The lowest BCUT2D eigenvalue weighted by molar-refractivity contribution is 0.0158. The first-order valence-corrected chi connectivity index (χ1v) is 7.40. The van der Waals surface area contributed by atoms with Crippen molar-refractivity contribution in [1.29, 1.82) is 0 Å². The van der Waals surface area contributed by atoms with E-state index in [-0.39, 0.29) is 0 Å². The molecule has 4 unspecified atom stereocenters. The van der Waals surface area contributed by atoms with Crippen LogP contribution in [0.1, 0.15) is 59.8 Å². The molecule has 17 heavy (non-hydrogen) atoms.